The van der Waals surface area contributed by atoms with Crippen molar-refractivity contribution in [3.63, 3.8) is 0 Å². The summed E-state index contributed by atoms with van der Waals surface area (Å²) in [7, 11) is -4.56. The molecule has 21 heavy (non-hydrogen) atoms. The van der Waals surface area contributed by atoms with Gasteiger partial charge in [0.15, 0.2) is 0 Å². The van der Waals surface area contributed by atoms with Crippen molar-refractivity contribution in [3.8, 4) is 0 Å². The predicted octanol–water partition coefficient (Wildman–Crippen LogP) is 3.13. The Morgan fingerprint density at radius 1 is 1.05 bits per heavy atom. The van der Waals surface area contributed by atoms with Crippen molar-refractivity contribution in [1.29, 1.82) is 0 Å². The van der Waals surface area contributed by atoms with Gasteiger partial charge in [0.2, 0.25) is 0 Å². The second-order valence-electron chi connectivity index (χ2n) is 4.59. The second-order valence-corrected chi connectivity index (χ2v) is 5.64. The zero-order chi connectivity index (χ0) is 15.3. The van der Waals surface area contributed by atoms with Crippen molar-refractivity contribution >= 4 is 16.0 Å². The second kappa shape index (κ2) is 6.67. The van der Waals surface area contributed by atoms with Gasteiger partial charge in [-0.25, -0.2) is 4.18 Å². The van der Waals surface area contributed by atoms with Crippen LogP contribution in [0.15, 0.2) is 67.2 Å². The topological polar surface area (TPSA) is 63.6 Å². The highest BCUT2D eigenvalue weighted by Gasteiger charge is 2.21. The van der Waals surface area contributed by atoms with E-state index in [1.54, 1.807) is 0 Å². The molecule has 1 atom stereocenters. The summed E-state index contributed by atoms with van der Waals surface area (Å²) in [6.45, 7) is 3.91. The van der Waals surface area contributed by atoms with Crippen molar-refractivity contribution in [3.05, 3.63) is 78.4 Å². The Balaban J connectivity index is 2.26. The number of hydrogen-bond donors (Lipinski definition) is 1. The molecule has 0 aliphatic rings. The molecule has 110 valence electrons. The normalized spacial score (nSPS) is 12.8. The van der Waals surface area contributed by atoms with Crippen molar-refractivity contribution in [1.82, 2.24) is 0 Å². The lowest BCUT2D eigenvalue weighted by atomic mass is 9.97. The van der Waals surface area contributed by atoms with Gasteiger partial charge in [-0.3, -0.25) is 4.55 Å². The minimum atomic E-state index is -4.56. The smallest absolute Gasteiger partial charge is 0.264 e. The van der Waals surface area contributed by atoms with Crippen molar-refractivity contribution in [2.75, 3.05) is 0 Å². The van der Waals surface area contributed by atoms with Crippen LogP contribution < -0.4 is 0 Å². The average Bonchev–Trinajstić information content (AvgIpc) is 2.46. The van der Waals surface area contributed by atoms with Gasteiger partial charge in [0.25, 0.3) is 0 Å². The average molecular weight is 304 g/mol. The highest BCUT2D eigenvalue weighted by atomic mass is 32.3. The summed E-state index contributed by atoms with van der Waals surface area (Å²) in [5.74, 6) is 0. The van der Waals surface area contributed by atoms with Crippen molar-refractivity contribution < 1.29 is 17.2 Å². The molecule has 0 saturated heterocycles. The molecule has 2 rings (SSSR count). The molecule has 0 aliphatic heterocycles. The molecule has 2 aromatic rings. The summed E-state index contributed by atoms with van der Waals surface area (Å²) in [5.41, 5.74) is 2.15. The predicted molar refractivity (Wildman–Crippen MR) is 82.0 cm³/mol. The third-order valence-electron chi connectivity index (χ3n) is 3.03. The maximum Gasteiger partial charge on any atom is 0.397 e. The summed E-state index contributed by atoms with van der Waals surface area (Å²) < 4.78 is 35.9. The SMILES string of the molecule is C=C(c1ccccc1)C(Cc1ccccc1)OS(=O)(=O)O. The van der Waals surface area contributed by atoms with Crippen LogP contribution in [0.5, 0.6) is 0 Å². The standard InChI is InChI=1S/C16H16O4S/c1-13(15-10-6-3-7-11-15)16(20-21(17,18)19)12-14-8-4-2-5-9-14/h2-11,16H,1,12H2,(H,17,18,19). The van der Waals surface area contributed by atoms with Gasteiger partial charge in [-0.1, -0.05) is 67.2 Å². The number of rotatable bonds is 6. The fourth-order valence-electron chi connectivity index (χ4n) is 2.03. The van der Waals surface area contributed by atoms with E-state index < -0.39 is 16.5 Å². The Hall–Kier alpha value is -1.95. The zero-order valence-corrected chi connectivity index (χ0v) is 12.2. The van der Waals surface area contributed by atoms with Crippen LogP contribution >= 0.6 is 0 Å². The van der Waals surface area contributed by atoms with E-state index in [0.717, 1.165) is 11.1 Å². The van der Waals surface area contributed by atoms with E-state index in [1.807, 2.05) is 60.7 Å². The Bertz CT molecular complexity index is 694. The summed E-state index contributed by atoms with van der Waals surface area (Å²) in [6.07, 6.45) is -0.557. The molecular weight excluding hydrogens is 288 g/mol. The van der Waals surface area contributed by atoms with Crippen LogP contribution in [0, 0.1) is 0 Å². The Morgan fingerprint density at radius 2 is 1.57 bits per heavy atom. The Morgan fingerprint density at radius 3 is 2.10 bits per heavy atom. The zero-order valence-electron chi connectivity index (χ0n) is 11.3. The molecule has 1 unspecified atom stereocenters. The van der Waals surface area contributed by atoms with Gasteiger partial charge in [0.05, 0.1) is 0 Å². The maximum absolute atomic E-state index is 11.1. The van der Waals surface area contributed by atoms with Gasteiger partial charge in [-0.2, -0.15) is 8.42 Å². The molecule has 1 N–H and O–H groups in total. The van der Waals surface area contributed by atoms with Crippen molar-refractivity contribution in [2.45, 2.75) is 12.5 Å². The monoisotopic (exact) mass is 304 g/mol. The summed E-state index contributed by atoms with van der Waals surface area (Å²) in [6, 6.07) is 18.4. The van der Waals surface area contributed by atoms with Gasteiger partial charge >= 0.3 is 10.4 Å². The lowest BCUT2D eigenvalue weighted by molar-refractivity contribution is 0.226. The highest BCUT2D eigenvalue weighted by molar-refractivity contribution is 7.80. The largest absolute Gasteiger partial charge is 0.397 e. The first-order valence-corrected chi connectivity index (χ1v) is 7.76. The van der Waals surface area contributed by atoms with Crippen LogP contribution in [0.4, 0.5) is 0 Å². The first-order chi connectivity index (χ1) is 9.96. The number of benzene rings is 2. The summed E-state index contributed by atoms with van der Waals surface area (Å²) >= 11 is 0. The molecule has 2 aromatic carbocycles. The third-order valence-corrected chi connectivity index (χ3v) is 3.51. The quantitative estimate of drug-likeness (QED) is 0.833. The van der Waals surface area contributed by atoms with Gasteiger partial charge in [0, 0.05) is 6.42 Å². The van der Waals surface area contributed by atoms with E-state index in [1.165, 1.54) is 0 Å². The van der Waals surface area contributed by atoms with Crippen LogP contribution in [0.3, 0.4) is 0 Å². The molecule has 0 saturated carbocycles. The molecule has 0 aliphatic carbocycles. The van der Waals surface area contributed by atoms with Gasteiger partial charge in [-0.05, 0) is 16.7 Å². The fourth-order valence-corrected chi connectivity index (χ4v) is 2.51. The molecule has 5 heteroatoms. The molecule has 0 fully saturated rings. The summed E-state index contributed by atoms with van der Waals surface area (Å²) in [4.78, 5) is 0. The van der Waals surface area contributed by atoms with E-state index in [2.05, 4.69) is 6.58 Å². The van der Waals surface area contributed by atoms with Gasteiger partial charge in [0.1, 0.15) is 6.10 Å². The van der Waals surface area contributed by atoms with Crippen LogP contribution in [0.2, 0.25) is 0 Å². The first kappa shape index (κ1) is 15.4. The minimum Gasteiger partial charge on any atom is -0.264 e. The van der Waals surface area contributed by atoms with E-state index in [-0.39, 0.29) is 0 Å². The summed E-state index contributed by atoms with van der Waals surface area (Å²) in [5, 5.41) is 0. The number of hydrogen-bond acceptors (Lipinski definition) is 3. The Labute approximate surface area is 124 Å². The van der Waals surface area contributed by atoms with Crippen LogP contribution in [-0.2, 0) is 21.0 Å². The van der Waals surface area contributed by atoms with Crippen LogP contribution in [0.25, 0.3) is 5.57 Å². The molecule has 4 nitrogen and oxygen atoms in total. The third kappa shape index (κ3) is 4.82. The molecular formula is C16H16O4S. The lowest BCUT2D eigenvalue weighted by Crippen LogP contribution is -2.21. The van der Waals surface area contributed by atoms with Crippen molar-refractivity contribution in [2.24, 2.45) is 0 Å². The molecule has 0 amide bonds. The molecule has 0 spiro atoms. The van der Waals surface area contributed by atoms with Crippen LogP contribution in [0.1, 0.15) is 11.1 Å². The van der Waals surface area contributed by atoms with Gasteiger partial charge in [-0.15, -0.1) is 0 Å². The van der Waals surface area contributed by atoms with E-state index in [0.29, 0.717) is 12.0 Å². The van der Waals surface area contributed by atoms with E-state index >= 15 is 0 Å². The van der Waals surface area contributed by atoms with E-state index in [4.69, 9.17) is 8.74 Å². The Kier molecular flexibility index (Phi) is 4.90. The lowest BCUT2D eigenvalue weighted by Gasteiger charge is -2.18. The molecule has 0 bridgehead atoms. The minimum absolute atomic E-state index is 0.300. The van der Waals surface area contributed by atoms with E-state index in [9.17, 15) is 8.42 Å². The molecule has 0 heterocycles. The fraction of sp³-hybridized carbons (Fsp3) is 0.125. The molecule has 0 radical (unpaired) electrons. The highest BCUT2D eigenvalue weighted by Crippen LogP contribution is 2.23. The molecule has 0 aromatic heterocycles. The van der Waals surface area contributed by atoms with Crippen LogP contribution in [-0.4, -0.2) is 19.1 Å². The first-order valence-electron chi connectivity index (χ1n) is 6.39. The van der Waals surface area contributed by atoms with Gasteiger partial charge < -0.3 is 0 Å². The maximum atomic E-state index is 11.1.